The summed E-state index contributed by atoms with van der Waals surface area (Å²) in [6, 6.07) is 26.6. The van der Waals surface area contributed by atoms with Gasteiger partial charge in [0.1, 0.15) is 46.5 Å². The Hall–Kier alpha value is -4.45. The number of aromatic hydroxyl groups is 3. The van der Waals surface area contributed by atoms with E-state index in [2.05, 4.69) is 0 Å². The lowest BCUT2D eigenvalue weighted by Gasteiger charge is -2.43. The number of fused-ring (bicyclic) bond motifs is 2. The summed E-state index contributed by atoms with van der Waals surface area (Å²) < 4.78 is 12.9. The molecule has 0 spiro atoms. The fraction of sp³-hybridized carbons (Fsp3) is 0.167. The molecular weight excluding hydrogens is 456 g/mol. The quantitative estimate of drug-likeness (QED) is 0.347. The van der Waals surface area contributed by atoms with Gasteiger partial charge in [0.25, 0.3) is 0 Å². The van der Waals surface area contributed by atoms with Crippen molar-refractivity contribution < 1.29 is 29.6 Å². The van der Waals surface area contributed by atoms with Gasteiger partial charge in [-0.05, 0) is 41.3 Å². The normalized spacial score (nSPS) is 22.6. The average Bonchev–Trinajstić information content (AvgIpc) is 2.88. The predicted molar refractivity (Wildman–Crippen MR) is 133 cm³/mol. The molecule has 2 heterocycles. The number of hydrogen-bond acceptors (Lipinski definition) is 6. The Kier molecular flexibility index (Phi) is 5.29. The SMILES string of the molecule is O=C1c2c(O)cc(O)cc2OC(c2ccc(O)cc2)C1C1Cc2ccccc2OC1c1ccccc1. The van der Waals surface area contributed by atoms with Crippen molar-refractivity contribution in [1.82, 2.24) is 0 Å². The largest absolute Gasteiger partial charge is 0.508 e. The molecule has 3 N–H and O–H groups in total. The van der Waals surface area contributed by atoms with Crippen LogP contribution in [0.2, 0.25) is 0 Å². The van der Waals surface area contributed by atoms with E-state index in [1.165, 1.54) is 6.07 Å². The molecule has 2 aliphatic rings. The molecule has 0 aliphatic carbocycles. The van der Waals surface area contributed by atoms with E-state index >= 15 is 0 Å². The molecule has 4 atom stereocenters. The van der Waals surface area contributed by atoms with Crippen molar-refractivity contribution in [2.24, 2.45) is 11.8 Å². The smallest absolute Gasteiger partial charge is 0.177 e. The number of phenolic OH excluding ortho intramolecular Hbond substituents is 3. The Morgan fingerprint density at radius 2 is 1.33 bits per heavy atom. The molecule has 0 amide bonds. The van der Waals surface area contributed by atoms with Crippen molar-refractivity contribution in [1.29, 1.82) is 0 Å². The van der Waals surface area contributed by atoms with Crippen molar-refractivity contribution in [3.63, 3.8) is 0 Å². The minimum absolute atomic E-state index is 0.0542. The van der Waals surface area contributed by atoms with Crippen LogP contribution in [-0.4, -0.2) is 21.1 Å². The maximum atomic E-state index is 14.2. The summed E-state index contributed by atoms with van der Waals surface area (Å²) in [5, 5.41) is 30.5. The Bertz CT molecular complexity index is 1430. The van der Waals surface area contributed by atoms with Crippen molar-refractivity contribution in [3.05, 3.63) is 113 Å². The lowest BCUT2D eigenvalue weighted by molar-refractivity contribution is 0.0109. The summed E-state index contributed by atoms with van der Waals surface area (Å²) in [6.07, 6.45) is -0.589. The summed E-state index contributed by atoms with van der Waals surface area (Å²) in [5.41, 5.74) is 2.69. The van der Waals surface area contributed by atoms with Crippen LogP contribution in [-0.2, 0) is 6.42 Å². The Labute approximate surface area is 208 Å². The molecule has 6 heteroatoms. The Morgan fingerprint density at radius 3 is 2.11 bits per heavy atom. The van der Waals surface area contributed by atoms with E-state index in [-0.39, 0.29) is 40.3 Å². The van der Waals surface area contributed by atoms with Gasteiger partial charge in [-0.1, -0.05) is 60.7 Å². The van der Waals surface area contributed by atoms with Crippen LogP contribution in [0.1, 0.15) is 39.3 Å². The van der Waals surface area contributed by atoms with E-state index in [1.54, 1.807) is 24.3 Å². The summed E-state index contributed by atoms with van der Waals surface area (Å²) in [6.45, 7) is 0. The number of benzene rings is 4. The fourth-order valence-corrected chi connectivity index (χ4v) is 5.45. The number of ether oxygens (including phenoxy) is 2. The maximum absolute atomic E-state index is 14.2. The zero-order valence-corrected chi connectivity index (χ0v) is 19.2. The van der Waals surface area contributed by atoms with Crippen molar-refractivity contribution in [3.8, 4) is 28.7 Å². The van der Waals surface area contributed by atoms with E-state index in [1.807, 2.05) is 54.6 Å². The third-order valence-corrected chi connectivity index (χ3v) is 7.08. The summed E-state index contributed by atoms with van der Waals surface area (Å²) in [7, 11) is 0. The van der Waals surface area contributed by atoms with Crippen LogP contribution >= 0.6 is 0 Å². The van der Waals surface area contributed by atoms with Gasteiger partial charge < -0.3 is 24.8 Å². The number of hydrogen-bond donors (Lipinski definition) is 3. The minimum Gasteiger partial charge on any atom is -0.508 e. The first-order valence-corrected chi connectivity index (χ1v) is 11.8. The molecule has 0 saturated carbocycles. The number of para-hydroxylation sites is 1. The molecule has 4 aromatic rings. The van der Waals surface area contributed by atoms with E-state index in [0.29, 0.717) is 12.0 Å². The van der Waals surface area contributed by atoms with E-state index < -0.39 is 18.1 Å². The Balaban J connectivity index is 1.53. The van der Waals surface area contributed by atoms with Crippen LogP contribution in [0.4, 0.5) is 0 Å². The lowest BCUT2D eigenvalue weighted by atomic mass is 9.70. The molecule has 180 valence electrons. The molecule has 2 aliphatic heterocycles. The van der Waals surface area contributed by atoms with E-state index in [4.69, 9.17) is 9.47 Å². The number of carbonyl (C=O) groups is 1. The van der Waals surface area contributed by atoms with Crippen LogP contribution in [0.3, 0.4) is 0 Å². The van der Waals surface area contributed by atoms with Crippen LogP contribution in [0.5, 0.6) is 28.7 Å². The lowest BCUT2D eigenvalue weighted by Crippen LogP contribution is -2.42. The first-order valence-electron chi connectivity index (χ1n) is 11.8. The molecule has 36 heavy (non-hydrogen) atoms. The van der Waals surface area contributed by atoms with Gasteiger partial charge in [-0.15, -0.1) is 0 Å². The highest BCUT2D eigenvalue weighted by Gasteiger charge is 2.49. The van der Waals surface area contributed by atoms with Gasteiger partial charge in [0.05, 0.1) is 5.92 Å². The summed E-state index contributed by atoms with van der Waals surface area (Å²) in [4.78, 5) is 14.2. The third kappa shape index (κ3) is 3.71. The monoisotopic (exact) mass is 480 g/mol. The van der Waals surface area contributed by atoms with E-state index in [0.717, 1.165) is 22.9 Å². The van der Waals surface area contributed by atoms with Crippen LogP contribution in [0.25, 0.3) is 0 Å². The summed E-state index contributed by atoms with van der Waals surface area (Å²) in [5.74, 6) is -0.824. The molecule has 0 saturated heterocycles. The van der Waals surface area contributed by atoms with Gasteiger partial charge in [0.2, 0.25) is 0 Å². The second-order valence-electron chi connectivity index (χ2n) is 9.28. The number of Topliss-reactive ketones (excluding diaryl/α,β-unsaturated/α-hetero) is 1. The van der Waals surface area contributed by atoms with Gasteiger partial charge >= 0.3 is 0 Å². The zero-order valence-electron chi connectivity index (χ0n) is 19.2. The van der Waals surface area contributed by atoms with Gasteiger partial charge in [-0.25, -0.2) is 0 Å². The zero-order chi connectivity index (χ0) is 24.8. The maximum Gasteiger partial charge on any atom is 0.177 e. The second kappa shape index (κ2) is 8.64. The molecule has 4 unspecified atom stereocenters. The summed E-state index contributed by atoms with van der Waals surface area (Å²) >= 11 is 0. The molecule has 4 aromatic carbocycles. The highest BCUT2D eigenvalue weighted by molar-refractivity contribution is 6.04. The molecule has 0 fully saturated rings. The Morgan fingerprint density at radius 1 is 0.667 bits per heavy atom. The van der Waals surface area contributed by atoms with Gasteiger partial charge in [-0.2, -0.15) is 0 Å². The number of phenols is 3. The van der Waals surface area contributed by atoms with Crippen LogP contribution in [0.15, 0.2) is 91.0 Å². The number of ketones is 1. The highest BCUT2D eigenvalue weighted by Crippen LogP contribution is 2.52. The second-order valence-corrected chi connectivity index (χ2v) is 9.28. The van der Waals surface area contributed by atoms with Crippen molar-refractivity contribution >= 4 is 5.78 Å². The minimum atomic E-state index is -0.725. The predicted octanol–water partition coefficient (Wildman–Crippen LogP) is 5.73. The molecule has 6 rings (SSSR count). The highest BCUT2D eigenvalue weighted by atomic mass is 16.5. The van der Waals surface area contributed by atoms with Crippen molar-refractivity contribution in [2.75, 3.05) is 0 Å². The third-order valence-electron chi connectivity index (χ3n) is 7.08. The number of rotatable bonds is 3. The van der Waals surface area contributed by atoms with Crippen molar-refractivity contribution in [2.45, 2.75) is 18.6 Å². The fourth-order valence-electron chi connectivity index (χ4n) is 5.45. The van der Waals surface area contributed by atoms with Crippen LogP contribution < -0.4 is 9.47 Å². The van der Waals surface area contributed by atoms with Gasteiger partial charge in [0, 0.05) is 18.1 Å². The average molecular weight is 481 g/mol. The molecule has 6 nitrogen and oxygen atoms in total. The van der Waals surface area contributed by atoms with Gasteiger partial charge in [-0.3, -0.25) is 4.79 Å². The van der Waals surface area contributed by atoms with E-state index in [9.17, 15) is 20.1 Å². The van der Waals surface area contributed by atoms with Gasteiger partial charge in [0.15, 0.2) is 5.78 Å². The first kappa shape index (κ1) is 22.0. The molecular formula is C30H24O6. The topological polar surface area (TPSA) is 96.2 Å². The van der Waals surface area contributed by atoms with Crippen LogP contribution in [0, 0.1) is 11.8 Å². The molecule has 0 bridgehead atoms. The molecule has 0 radical (unpaired) electrons. The first-order chi connectivity index (χ1) is 17.5. The molecule has 0 aromatic heterocycles. The number of carbonyl (C=O) groups excluding carboxylic acids is 1. The standard InChI is InChI=1S/C30H24O6/c31-20-12-10-18(11-13-20)30-26(28(34)27-23(33)15-21(32)16-25(27)36-30)22-14-19-8-4-5-9-24(19)35-29(22)17-6-2-1-3-7-17/h1-13,15-16,22,26,29-33H,14H2.